The summed E-state index contributed by atoms with van der Waals surface area (Å²) < 4.78 is 53.3. The van der Waals surface area contributed by atoms with Crippen LogP contribution in [0.5, 0.6) is 40.2 Å². The molecule has 8 bridgehead atoms. The number of ether oxygens (including phenoxy) is 8. The van der Waals surface area contributed by atoms with Crippen LogP contribution in [0, 0.1) is 0 Å². The van der Waals surface area contributed by atoms with E-state index in [1.54, 1.807) is 0 Å². The van der Waals surface area contributed by atoms with Crippen LogP contribution < -0.4 is 54.6 Å². The molecule has 0 spiro atoms. The molecule has 1 aliphatic rings. The zero-order chi connectivity index (χ0) is 87.6. The lowest BCUT2D eigenvalue weighted by Gasteiger charge is -2.15. The Morgan fingerprint density at radius 3 is 0.608 bits per heavy atom. The van der Waals surface area contributed by atoms with Crippen molar-refractivity contribution < 1.29 is 42.7 Å². The third-order valence-corrected chi connectivity index (χ3v) is 24.8. The fourth-order valence-corrected chi connectivity index (χ4v) is 17.5. The van der Waals surface area contributed by atoms with Crippen molar-refractivity contribution >= 4 is 28.3 Å². The SMILES string of the molecule is CCCCCCCCCCOc1cc(OCCCCCCCCCC)cc(C2=c3ccc([nH]3)=C(c3ccc(OCCCCCCOC(C)=O)cc3)c3ccc([nH]3)C(c3cc(OCCCCCCCCCC)cc(OCCCCCCCCCC)c3)=c3ccc([nH]3)=C(c3cc(OCCCCCCCCCC)cc(OCCCCCCCCCC)c3)c3ccc2[nH]3)c1. The van der Waals surface area contributed by atoms with E-state index in [2.05, 4.69) is 189 Å². The van der Waals surface area contributed by atoms with Crippen LogP contribution >= 0.6 is 0 Å². The average Bonchev–Trinajstić information content (AvgIpc) is 1.62. The van der Waals surface area contributed by atoms with Gasteiger partial charge in [0.1, 0.15) is 40.2 Å². The molecular formula is C112H166N4O9. The Kier molecular flexibility index (Phi) is 49.6. The molecule has 13 nitrogen and oxygen atoms in total. The number of unbranched alkanes of at least 4 members (excludes halogenated alkanes) is 45. The van der Waals surface area contributed by atoms with Gasteiger partial charge >= 0.3 is 5.97 Å². The molecule has 0 radical (unpaired) electrons. The summed E-state index contributed by atoms with van der Waals surface area (Å²) in [4.78, 5) is 28.1. The van der Waals surface area contributed by atoms with Crippen LogP contribution in [0.4, 0.5) is 0 Å². The number of esters is 1. The number of hydrogen-bond acceptors (Lipinski definition) is 9. The average molecular weight is 1710 g/mol. The van der Waals surface area contributed by atoms with E-state index in [1.165, 1.54) is 238 Å². The Morgan fingerprint density at radius 1 is 0.200 bits per heavy atom. The summed E-state index contributed by atoms with van der Waals surface area (Å²) in [6.45, 7) is 20.0. The number of H-pyrrole nitrogens is 4. The molecule has 5 heterocycles. The van der Waals surface area contributed by atoms with Gasteiger partial charge in [-0.15, -0.1) is 0 Å². The predicted molar refractivity (Wildman–Crippen MR) is 523 cm³/mol. The van der Waals surface area contributed by atoms with Crippen LogP contribution in [0.25, 0.3) is 22.3 Å². The molecule has 9 rings (SSSR count). The van der Waals surface area contributed by atoms with Crippen LogP contribution in [0.15, 0.2) is 127 Å². The molecule has 0 unspecified atom stereocenters. The van der Waals surface area contributed by atoms with Crippen molar-refractivity contribution in [3.63, 3.8) is 0 Å². The molecule has 1 aliphatic heterocycles. The smallest absolute Gasteiger partial charge is 0.302 e. The molecule has 0 saturated carbocycles. The summed E-state index contributed by atoms with van der Waals surface area (Å²) in [7, 11) is 0. The maximum Gasteiger partial charge on any atom is 0.302 e. The lowest BCUT2D eigenvalue weighted by atomic mass is 10.0. The number of fused-ring (bicyclic) bond motifs is 8. The second-order valence-electron chi connectivity index (χ2n) is 35.8. The molecule has 4 aromatic carbocycles. The highest BCUT2D eigenvalue weighted by atomic mass is 16.5. The summed E-state index contributed by atoms with van der Waals surface area (Å²) in [5.41, 5.74) is 11.6. The molecule has 0 fully saturated rings. The van der Waals surface area contributed by atoms with Crippen LogP contribution in [-0.4, -0.2) is 78.8 Å². The first-order valence-corrected chi connectivity index (χ1v) is 51.0. The second-order valence-corrected chi connectivity index (χ2v) is 35.8. The second kappa shape index (κ2) is 61.9. The fraction of sp³-hybridized carbons (Fsp3) is 0.598. The van der Waals surface area contributed by atoms with Crippen molar-refractivity contribution in [3.05, 3.63) is 194 Å². The van der Waals surface area contributed by atoms with E-state index in [1.807, 2.05) is 0 Å². The number of nitrogens with one attached hydrogen (secondary N) is 4. The lowest BCUT2D eigenvalue weighted by molar-refractivity contribution is -0.141. The Morgan fingerprint density at radius 2 is 0.392 bits per heavy atom. The van der Waals surface area contributed by atoms with Gasteiger partial charge in [-0.2, -0.15) is 0 Å². The molecule has 4 N–H and O–H groups in total. The summed E-state index contributed by atoms with van der Waals surface area (Å²) in [6.07, 6.45) is 62.5. The van der Waals surface area contributed by atoms with Gasteiger partial charge in [-0.25, -0.2) is 0 Å². The zero-order valence-electron chi connectivity index (χ0n) is 79.2. The number of hydrogen-bond donors (Lipinski definition) is 4. The zero-order valence-corrected chi connectivity index (χ0v) is 79.2. The summed E-state index contributed by atoms with van der Waals surface area (Å²) >= 11 is 0. The Hall–Kier alpha value is -8.45. The Labute approximate surface area is 755 Å². The molecule has 688 valence electrons. The maximum atomic E-state index is 11.4. The van der Waals surface area contributed by atoms with Crippen LogP contribution in [0.3, 0.4) is 0 Å². The van der Waals surface area contributed by atoms with E-state index in [0.29, 0.717) is 52.9 Å². The Balaban J connectivity index is 1.24. The van der Waals surface area contributed by atoms with Gasteiger partial charge in [-0.05, 0) is 184 Å². The van der Waals surface area contributed by atoms with Gasteiger partial charge in [0, 0.05) is 91.6 Å². The standard InChI is InChI=1S/C112H166N4O9/c1-8-14-20-26-32-38-44-53-74-120-95-80-91(81-96(86-95)121-75-54-45-39-33-27-21-15-9-2)110-103-66-64-101(113-103)109(90-60-62-94(63-61-90)119-73-59-51-50-52-72-118-89(7)117)102-65-67-104(114-102)111(92-82-97(122-76-55-46-40-34-28-22-16-10-3)87-98(83-92)123-77-56-47-41-35-29-23-17-11-4)106-69-71-108(116-106)112(107-70-68-105(110)115-107)93-84-99(124-78-57-48-42-36-30-24-18-12-5)88-100(85-93)125-79-58-49-43-37-31-25-19-13-6/h60-71,80-88,113-116H,8-59,72-79H2,1-7H3. The number of carbonyl (C=O) groups excluding carboxylic acids is 1. The molecule has 8 aromatic rings. The molecular weight excluding hydrogens is 1550 g/mol. The summed E-state index contributed by atoms with van der Waals surface area (Å²) in [6, 6.07) is 46.5. The van der Waals surface area contributed by atoms with Crippen LogP contribution in [0.1, 0.15) is 427 Å². The van der Waals surface area contributed by atoms with Crippen LogP contribution in [-0.2, 0) is 9.53 Å². The maximum absolute atomic E-state index is 11.4. The number of rotatable bonds is 72. The van der Waals surface area contributed by atoms with E-state index in [0.717, 1.165) is 232 Å². The number of benzene rings is 4. The minimum Gasteiger partial charge on any atom is -0.494 e. The van der Waals surface area contributed by atoms with Crippen molar-refractivity contribution in [2.75, 3.05) is 52.9 Å². The van der Waals surface area contributed by atoms with Crippen molar-refractivity contribution in [3.8, 4) is 40.2 Å². The topological polar surface area (TPSA) is 154 Å². The van der Waals surface area contributed by atoms with Crippen molar-refractivity contribution in [1.82, 2.24) is 19.9 Å². The van der Waals surface area contributed by atoms with Gasteiger partial charge in [-0.3, -0.25) is 4.79 Å². The first kappa shape index (κ1) is 100. The quantitative estimate of drug-likeness (QED) is 0.0215. The van der Waals surface area contributed by atoms with Gasteiger partial charge in [-0.1, -0.05) is 323 Å². The molecule has 4 aromatic heterocycles. The summed E-state index contributed by atoms with van der Waals surface area (Å²) in [5.74, 6) is 5.37. The molecule has 13 heteroatoms. The first-order chi connectivity index (χ1) is 61.7. The van der Waals surface area contributed by atoms with Gasteiger partial charge < -0.3 is 57.8 Å². The number of aromatic nitrogens is 4. The first-order valence-electron chi connectivity index (χ1n) is 51.0. The minimum absolute atomic E-state index is 0.231. The van der Waals surface area contributed by atoms with E-state index in [-0.39, 0.29) is 5.97 Å². The highest BCUT2D eigenvalue weighted by Crippen LogP contribution is 2.37. The predicted octanol–water partition coefficient (Wildman–Crippen LogP) is 28.9. The fourth-order valence-electron chi connectivity index (χ4n) is 17.5. The Bertz CT molecular complexity index is 4360. The highest BCUT2D eigenvalue weighted by molar-refractivity contribution is 5.86. The lowest BCUT2D eigenvalue weighted by Crippen LogP contribution is -2.19. The molecule has 0 saturated heterocycles. The summed E-state index contributed by atoms with van der Waals surface area (Å²) in [5, 5.41) is 3.72. The van der Waals surface area contributed by atoms with E-state index in [4.69, 9.17) is 37.9 Å². The van der Waals surface area contributed by atoms with Gasteiger partial charge in [0.15, 0.2) is 0 Å². The van der Waals surface area contributed by atoms with Crippen LogP contribution in [0.2, 0.25) is 0 Å². The van der Waals surface area contributed by atoms with Crippen molar-refractivity contribution in [1.29, 1.82) is 0 Å². The van der Waals surface area contributed by atoms with Gasteiger partial charge in [0.05, 0.1) is 52.9 Å². The normalized spacial score (nSPS) is 12.1. The third-order valence-electron chi connectivity index (χ3n) is 24.8. The number of carbonyl (C=O) groups is 1. The largest absolute Gasteiger partial charge is 0.494 e. The van der Waals surface area contributed by atoms with Crippen molar-refractivity contribution in [2.45, 2.75) is 382 Å². The van der Waals surface area contributed by atoms with Gasteiger partial charge in [0.25, 0.3) is 0 Å². The molecule has 125 heavy (non-hydrogen) atoms. The van der Waals surface area contributed by atoms with E-state index < -0.39 is 0 Å². The monoisotopic (exact) mass is 1710 g/mol. The molecule has 0 atom stereocenters. The highest BCUT2D eigenvalue weighted by Gasteiger charge is 2.23. The van der Waals surface area contributed by atoms with E-state index in [9.17, 15) is 4.79 Å². The van der Waals surface area contributed by atoms with Gasteiger partial charge in [0.2, 0.25) is 0 Å². The number of aromatic amines is 4. The third kappa shape index (κ3) is 37.8. The van der Waals surface area contributed by atoms with Crippen molar-refractivity contribution in [2.24, 2.45) is 0 Å². The minimum atomic E-state index is -0.231. The molecule has 0 amide bonds. The molecule has 0 aliphatic carbocycles. The van der Waals surface area contributed by atoms with E-state index >= 15 is 0 Å².